The highest BCUT2D eigenvalue weighted by atomic mass is 28.4. The third-order valence-corrected chi connectivity index (χ3v) is 2.74. The van der Waals surface area contributed by atoms with Gasteiger partial charge in [0.2, 0.25) is 18.2 Å². The average Bonchev–Trinajstić information content (AvgIpc) is 2.06. The van der Waals surface area contributed by atoms with Crippen LogP contribution in [-0.2, 0) is 18.8 Å². The summed E-state index contributed by atoms with van der Waals surface area (Å²) in [5.41, 5.74) is 0. The van der Waals surface area contributed by atoms with Gasteiger partial charge in [-0.15, -0.1) is 0 Å². The molecule has 0 spiro atoms. The topological polar surface area (TPSA) is 97.5 Å². The second-order valence-electron chi connectivity index (χ2n) is 1.62. The molecule has 0 heterocycles. The van der Waals surface area contributed by atoms with Crippen molar-refractivity contribution in [3.63, 3.8) is 0 Å². The molecule has 13 heavy (non-hydrogen) atoms. The van der Waals surface area contributed by atoms with Crippen LogP contribution < -0.4 is 0 Å². The van der Waals surface area contributed by atoms with E-state index in [2.05, 4.69) is 14.0 Å². The third-order valence-electron chi connectivity index (χ3n) is 0.912. The van der Waals surface area contributed by atoms with E-state index in [1.165, 1.54) is 0 Å². The second-order valence-corrected chi connectivity index (χ2v) is 3.72. The van der Waals surface area contributed by atoms with Crippen molar-refractivity contribution in [2.24, 2.45) is 14.0 Å². The highest BCUT2D eigenvalue weighted by molar-refractivity contribution is 6.70. The van der Waals surface area contributed by atoms with Gasteiger partial charge in [0.25, 0.3) is 0 Å². The molecule has 0 aliphatic carbocycles. The summed E-state index contributed by atoms with van der Waals surface area (Å²) in [6, 6.07) is 0. The largest absolute Gasteiger partial charge is 0.633 e. The molecule has 0 unspecified atom stereocenters. The Kier molecular flexibility index (Phi) is 5.14. The Morgan fingerprint density at radius 2 is 1.46 bits per heavy atom. The van der Waals surface area contributed by atoms with Crippen molar-refractivity contribution in [1.82, 2.24) is 0 Å². The quantitative estimate of drug-likeness (QED) is 0.337. The molecule has 0 aromatic carbocycles. The normalized spacial score (nSPS) is 12.7. The van der Waals surface area contributed by atoms with E-state index in [-0.39, 0.29) is 6.61 Å². The van der Waals surface area contributed by atoms with Crippen molar-refractivity contribution in [1.29, 1.82) is 0 Å². The van der Waals surface area contributed by atoms with Crippen LogP contribution in [0.5, 0.6) is 0 Å². The van der Waals surface area contributed by atoms with Crippen molar-refractivity contribution < 1.29 is 18.8 Å². The summed E-state index contributed by atoms with van der Waals surface area (Å²) in [7, 11) is -3.69. The van der Waals surface area contributed by atoms with Crippen LogP contribution in [0.2, 0.25) is 0 Å². The Morgan fingerprint density at radius 3 is 1.69 bits per heavy atom. The minimum atomic E-state index is -3.69. The Morgan fingerprint density at radius 1 is 1.08 bits per heavy atom. The molecule has 0 saturated carbocycles. The zero-order valence-corrected chi connectivity index (χ0v) is 7.68. The molecule has 68 valence electrons. The summed E-state index contributed by atoms with van der Waals surface area (Å²) in [5, 5.41) is 0. The zero-order chi connectivity index (χ0) is 10.2. The Labute approximate surface area is 74.2 Å². The first-order chi connectivity index (χ1) is 6.24. The minimum Gasteiger partial charge on any atom is -0.363 e. The number of hydrogen-bond donors (Lipinski definition) is 0. The van der Waals surface area contributed by atoms with Crippen LogP contribution in [0, 0.1) is 0 Å². The van der Waals surface area contributed by atoms with E-state index in [4.69, 9.17) is 4.43 Å². The SMILES string of the molecule is CCO[Si](N=C=O)(N=C=O)N=C=O. The lowest BCUT2D eigenvalue weighted by molar-refractivity contribution is 0.323. The van der Waals surface area contributed by atoms with Gasteiger partial charge >= 0.3 is 8.80 Å². The van der Waals surface area contributed by atoms with E-state index in [1.54, 1.807) is 6.92 Å². The molecular formula is C5H5N3O4Si. The van der Waals surface area contributed by atoms with Crippen LogP contribution in [0.4, 0.5) is 0 Å². The Hall–Kier alpha value is -1.68. The van der Waals surface area contributed by atoms with Gasteiger partial charge in [0.05, 0.1) is 0 Å². The lowest BCUT2D eigenvalue weighted by Crippen LogP contribution is -2.32. The summed E-state index contributed by atoms with van der Waals surface area (Å²) in [5.74, 6) is 0. The highest BCUT2D eigenvalue weighted by Gasteiger charge is 2.39. The Balaban J connectivity index is 5.12. The van der Waals surface area contributed by atoms with Gasteiger partial charge in [-0.05, 0) is 6.92 Å². The summed E-state index contributed by atoms with van der Waals surface area (Å²) >= 11 is 0. The smallest absolute Gasteiger partial charge is 0.363 e. The summed E-state index contributed by atoms with van der Waals surface area (Å²) in [4.78, 5) is 29.8. The standard InChI is InChI=1S/C5H5N3O4Si/c1-2-12-13(6-3-9,7-4-10)8-5-11/h2H2,1H3. The molecule has 0 aromatic rings. The highest BCUT2D eigenvalue weighted by Crippen LogP contribution is 2.08. The number of isocyanates is 3. The van der Waals surface area contributed by atoms with Gasteiger partial charge in [0.1, 0.15) is 0 Å². The molecule has 0 saturated heterocycles. The lowest BCUT2D eigenvalue weighted by atomic mass is 10.9. The lowest BCUT2D eigenvalue weighted by Gasteiger charge is -2.08. The van der Waals surface area contributed by atoms with E-state index >= 15 is 0 Å². The fraction of sp³-hybridized carbons (Fsp3) is 0.400. The van der Waals surface area contributed by atoms with Crippen LogP contribution in [0.1, 0.15) is 6.92 Å². The van der Waals surface area contributed by atoms with E-state index in [9.17, 15) is 14.4 Å². The molecule has 0 radical (unpaired) electrons. The molecule has 0 aliphatic heterocycles. The average molecular weight is 199 g/mol. The maximum absolute atomic E-state index is 9.93. The van der Waals surface area contributed by atoms with Gasteiger partial charge in [-0.2, -0.15) is 14.0 Å². The number of nitrogens with zero attached hydrogens (tertiary/aromatic N) is 3. The van der Waals surface area contributed by atoms with Gasteiger partial charge in [-0.1, -0.05) is 0 Å². The maximum atomic E-state index is 9.93. The molecule has 0 aliphatic rings. The minimum absolute atomic E-state index is 0.105. The second kappa shape index (κ2) is 5.90. The van der Waals surface area contributed by atoms with Crippen molar-refractivity contribution in [3.8, 4) is 0 Å². The fourth-order valence-corrected chi connectivity index (χ4v) is 1.63. The predicted octanol–water partition coefficient (Wildman–Crippen LogP) is -0.534. The molecular weight excluding hydrogens is 194 g/mol. The molecule has 0 fully saturated rings. The molecule has 7 nitrogen and oxygen atoms in total. The van der Waals surface area contributed by atoms with Crippen LogP contribution in [-0.4, -0.2) is 33.6 Å². The molecule has 0 rings (SSSR count). The Bertz CT molecular complexity index is 266. The first-order valence-electron chi connectivity index (χ1n) is 3.15. The summed E-state index contributed by atoms with van der Waals surface area (Å²) in [6.45, 7) is 1.68. The van der Waals surface area contributed by atoms with Gasteiger partial charge in [-0.3, -0.25) is 0 Å². The molecule has 0 amide bonds. The van der Waals surface area contributed by atoms with E-state index < -0.39 is 8.80 Å². The van der Waals surface area contributed by atoms with Crippen molar-refractivity contribution in [2.75, 3.05) is 6.61 Å². The van der Waals surface area contributed by atoms with Gasteiger partial charge in [0.15, 0.2) is 0 Å². The van der Waals surface area contributed by atoms with Crippen LogP contribution in [0.3, 0.4) is 0 Å². The van der Waals surface area contributed by atoms with Crippen molar-refractivity contribution in [2.45, 2.75) is 6.92 Å². The number of carbonyl (C=O) groups excluding carboxylic acids is 3. The molecule has 0 N–H and O–H groups in total. The number of hydrogen-bond acceptors (Lipinski definition) is 7. The van der Waals surface area contributed by atoms with Crippen LogP contribution >= 0.6 is 0 Å². The monoisotopic (exact) mass is 199 g/mol. The van der Waals surface area contributed by atoms with Crippen molar-refractivity contribution in [3.05, 3.63) is 0 Å². The first-order valence-corrected chi connectivity index (χ1v) is 4.90. The third kappa shape index (κ3) is 3.48. The van der Waals surface area contributed by atoms with Gasteiger partial charge in [-0.25, -0.2) is 14.4 Å². The number of rotatable bonds is 5. The maximum Gasteiger partial charge on any atom is 0.633 e. The molecule has 8 heteroatoms. The molecule has 0 bridgehead atoms. The molecule has 0 atom stereocenters. The zero-order valence-electron chi connectivity index (χ0n) is 6.68. The summed E-state index contributed by atoms with van der Waals surface area (Å²) < 4.78 is 14.0. The van der Waals surface area contributed by atoms with Gasteiger partial charge in [0, 0.05) is 6.61 Å². The van der Waals surface area contributed by atoms with Crippen LogP contribution in [0.15, 0.2) is 14.0 Å². The molecule has 0 aromatic heterocycles. The van der Waals surface area contributed by atoms with Crippen LogP contribution in [0.25, 0.3) is 0 Å². The van der Waals surface area contributed by atoms with E-state index in [1.807, 2.05) is 0 Å². The van der Waals surface area contributed by atoms with Crippen molar-refractivity contribution >= 4 is 27.0 Å². The fourth-order valence-electron chi connectivity index (χ4n) is 0.544. The summed E-state index contributed by atoms with van der Waals surface area (Å²) in [6.07, 6.45) is 3.39. The first kappa shape index (κ1) is 11.3. The predicted molar refractivity (Wildman–Crippen MR) is 41.7 cm³/mol. The van der Waals surface area contributed by atoms with Gasteiger partial charge < -0.3 is 4.43 Å². The van der Waals surface area contributed by atoms with E-state index in [0.29, 0.717) is 0 Å². The van der Waals surface area contributed by atoms with E-state index in [0.717, 1.165) is 18.2 Å².